The Labute approximate surface area is 94.1 Å². The second-order valence-electron chi connectivity index (χ2n) is 4.14. The van der Waals surface area contributed by atoms with Crippen molar-refractivity contribution in [1.82, 2.24) is 0 Å². The molecular weight excluding hydrogens is 206 g/mol. The summed E-state index contributed by atoms with van der Waals surface area (Å²) >= 11 is 0. The van der Waals surface area contributed by atoms with Gasteiger partial charge in [-0.1, -0.05) is 0 Å². The second-order valence-corrected chi connectivity index (χ2v) is 4.14. The molecule has 1 aromatic carbocycles. The zero-order valence-electron chi connectivity index (χ0n) is 8.97. The Morgan fingerprint density at radius 1 is 1.38 bits per heavy atom. The smallest absolute Gasteiger partial charge is 0.335 e. The number of hydrogen-bond acceptors (Lipinski definition) is 3. The number of carboxylic acid groups (broad SMARTS) is 1. The van der Waals surface area contributed by atoms with Crippen molar-refractivity contribution in [3.63, 3.8) is 0 Å². The molecule has 4 heteroatoms. The van der Waals surface area contributed by atoms with Crippen LogP contribution in [0.2, 0.25) is 0 Å². The van der Waals surface area contributed by atoms with Crippen LogP contribution in [0.1, 0.15) is 16.8 Å². The Morgan fingerprint density at radius 3 is 2.56 bits per heavy atom. The third kappa shape index (κ3) is 2.17. The lowest BCUT2D eigenvalue weighted by atomic mass is 10.1. The maximum atomic E-state index is 10.7. The van der Waals surface area contributed by atoms with E-state index in [1.54, 1.807) is 12.1 Å². The number of aliphatic hydroxyl groups excluding tert-OH is 1. The first-order chi connectivity index (χ1) is 7.70. The van der Waals surface area contributed by atoms with Crippen LogP contribution in [0, 0.1) is 5.92 Å². The van der Waals surface area contributed by atoms with Crippen molar-refractivity contribution in [1.29, 1.82) is 0 Å². The molecule has 2 rings (SSSR count). The van der Waals surface area contributed by atoms with Crippen LogP contribution in [0.15, 0.2) is 24.3 Å². The van der Waals surface area contributed by atoms with Gasteiger partial charge in [0.2, 0.25) is 0 Å². The number of carboxylic acids is 1. The van der Waals surface area contributed by atoms with E-state index in [1.165, 1.54) is 0 Å². The summed E-state index contributed by atoms with van der Waals surface area (Å²) in [6.07, 6.45) is 0.997. The predicted octanol–water partition coefficient (Wildman–Crippen LogP) is 1.20. The molecule has 0 radical (unpaired) electrons. The summed E-state index contributed by atoms with van der Waals surface area (Å²) in [5.41, 5.74) is 1.34. The van der Waals surface area contributed by atoms with Gasteiger partial charge in [0.25, 0.3) is 0 Å². The summed E-state index contributed by atoms with van der Waals surface area (Å²) in [7, 11) is 0. The number of hydrogen-bond donors (Lipinski definition) is 2. The molecule has 1 saturated heterocycles. The van der Waals surface area contributed by atoms with Crippen molar-refractivity contribution < 1.29 is 15.0 Å². The molecule has 0 saturated carbocycles. The molecule has 1 heterocycles. The van der Waals surface area contributed by atoms with Crippen molar-refractivity contribution in [2.75, 3.05) is 24.6 Å². The Hall–Kier alpha value is -1.55. The van der Waals surface area contributed by atoms with Crippen molar-refractivity contribution in [2.45, 2.75) is 6.42 Å². The monoisotopic (exact) mass is 221 g/mol. The minimum Gasteiger partial charge on any atom is -0.478 e. The van der Waals surface area contributed by atoms with Gasteiger partial charge in [-0.25, -0.2) is 4.79 Å². The average Bonchev–Trinajstić information content (AvgIpc) is 2.77. The molecule has 1 fully saturated rings. The van der Waals surface area contributed by atoms with E-state index in [4.69, 9.17) is 10.2 Å². The van der Waals surface area contributed by atoms with Gasteiger partial charge in [0, 0.05) is 31.3 Å². The number of aromatic carboxylic acids is 1. The van der Waals surface area contributed by atoms with Gasteiger partial charge >= 0.3 is 5.97 Å². The molecule has 86 valence electrons. The van der Waals surface area contributed by atoms with E-state index >= 15 is 0 Å². The fourth-order valence-corrected chi connectivity index (χ4v) is 2.03. The van der Waals surface area contributed by atoms with E-state index in [2.05, 4.69) is 4.90 Å². The number of benzene rings is 1. The number of carbonyl (C=O) groups is 1. The number of anilines is 1. The lowest BCUT2D eigenvalue weighted by Gasteiger charge is -2.18. The van der Waals surface area contributed by atoms with E-state index in [0.717, 1.165) is 25.2 Å². The molecule has 1 aromatic rings. The van der Waals surface area contributed by atoms with E-state index in [9.17, 15) is 4.79 Å². The standard InChI is InChI=1S/C12H15NO3/c14-8-9-5-6-13(7-9)11-3-1-10(2-4-11)12(15)16/h1-4,9,14H,5-8H2,(H,15,16)/t9-/m0/s1. The highest BCUT2D eigenvalue weighted by atomic mass is 16.4. The first-order valence-corrected chi connectivity index (χ1v) is 5.40. The fourth-order valence-electron chi connectivity index (χ4n) is 2.03. The largest absolute Gasteiger partial charge is 0.478 e. The molecule has 0 spiro atoms. The van der Waals surface area contributed by atoms with Gasteiger partial charge in [0.15, 0.2) is 0 Å². The van der Waals surface area contributed by atoms with Crippen LogP contribution >= 0.6 is 0 Å². The summed E-state index contributed by atoms with van der Waals surface area (Å²) in [6.45, 7) is 2.00. The first-order valence-electron chi connectivity index (χ1n) is 5.40. The Balaban J connectivity index is 2.08. The normalized spacial score (nSPS) is 20.1. The number of rotatable bonds is 3. The lowest BCUT2D eigenvalue weighted by molar-refractivity contribution is 0.0697. The van der Waals surface area contributed by atoms with Gasteiger partial charge in [-0.2, -0.15) is 0 Å². The molecule has 0 unspecified atom stereocenters. The molecule has 0 bridgehead atoms. The van der Waals surface area contributed by atoms with Gasteiger partial charge in [0.1, 0.15) is 0 Å². The summed E-state index contributed by atoms with van der Waals surface area (Å²) < 4.78 is 0. The molecular formula is C12H15NO3. The predicted molar refractivity (Wildman–Crippen MR) is 60.8 cm³/mol. The molecule has 0 amide bonds. The number of aliphatic hydroxyl groups is 1. The molecule has 1 atom stereocenters. The Morgan fingerprint density at radius 2 is 2.06 bits per heavy atom. The van der Waals surface area contributed by atoms with Crippen LogP contribution in [0.4, 0.5) is 5.69 Å². The van der Waals surface area contributed by atoms with Crippen LogP contribution in [0.5, 0.6) is 0 Å². The first kappa shape index (κ1) is 11.0. The van der Waals surface area contributed by atoms with Gasteiger partial charge < -0.3 is 15.1 Å². The minimum absolute atomic E-state index is 0.226. The van der Waals surface area contributed by atoms with Crippen molar-refractivity contribution >= 4 is 11.7 Å². The molecule has 4 nitrogen and oxygen atoms in total. The van der Waals surface area contributed by atoms with Gasteiger partial charge in [0.05, 0.1) is 5.56 Å². The maximum Gasteiger partial charge on any atom is 0.335 e. The number of nitrogens with zero attached hydrogens (tertiary/aromatic N) is 1. The van der Waals surface area contributed by atoms with Crippen LogP contribution in [-0.4, -0.2) is 35.9 Å². The van der Waals surface area contributed by atoms with Gasteiger partial charge in [-0.3, -0.25) is 0 Å². The molecule has 2 N–H and O–H groups in total. The highest BCUT2D eigenvalue weighted by Crippen LogP contribution is 2.23. The van der Waals surface area contributed by atoms with Gasteiger partial charge in [-0.05, 0) is 30.7 Å². The third-order valence-electron chi connectivity index (χ3n) is 3.02. The van der Waals surface area contributed by atoms with Crippen LogP contribution in [0.3, 0.4) is 0 Å². The molecule has 1 aliphatic rings. The lowest BCUT2D eigenvalue weighted by Crippen LogP contribution is -2.20. The van der Waals surface area contributed by atoms with Crippen LogP contribution < -0.4 is 4.90 Å². The Kier molecular flexibility index (Phi) is 3.10. The summed E-state index contributed by atoms with van der Waals surface area (Å²) in [5, 5.41) is 17.8. The van der Waals surface area contributed by atoms with Crippen LogP contribution in [0.25, 0.3) is 0 Å². The van der Waals surface area contributed by atoms with E-state index in [0.29, 0.717) is 11.5 Å². The zero-order valence-corrected chi connectivity index (χ0v) is 8.97. The van der Waals surface area contributed by atoms with Crippen molar-refractivity contribution in [2.24, 2.45) is 5.92 Å². The second kappa shape index (κ2) is 4.53. The third-order valence-corrected chi connectivity index (χ3v) is 3.02. The zero-order chi connectivity index (χ0) is 11.5. The summed E-state index contributed by atoms with van der Waals surface area (Å²) in [6, 6.07) is 6.88. The van der Waals surface area contributed by atoms with Gasteiger partial charge in [-0.15, -0.1) is 0 Å². The highest BCUT2D eigenvalue weighted by Gasteiger charge is 2.21. The fraction of sp³-hybridized carbons (Fsp3) is 0.417. The SMILES string of the molecule is O=C(O)c1ccc(N2CC[C@H](CO)C2)cc1. The Bertz CT molecular complexity index is 374. The van der Waals surface area contributed by atoms with Crippen molar-refractivity contribution in [3.8, 4) is 0 Å². The molecule has 16 heavy (non-hydrogen) atoms. The highest BCUT2D eigenvalue weighted by molar-refractivity contribution is 5.88. The maximum absolute atomic E-state index is 10.7. The van der Waals surface area contributed by atoms with E-state index < -0.39 is 5.97 Å². The molecule has 0 aromatic heterocycles. The van der Waals surface area contributed by atoms with E-state index in [-0.39, 0.29) is 6.61 Å². The van der Waals surface area contributed by atoms with Crippen molar-refractivity contribution in [3.05, 3.63) is 29.8 Å². The molecule has 0 aliphatic carbocycles. The minimum atomic E-state index is -0.902. The van der Waals surface area contributed by atoms with Crippen LogP contribution in [-0.2, 0) is 0 Å². The topological polar surface area (TPSA) is 60.8 Å². The summed E-state index contributed by atoms with van der Waals surface area (Å²) in [5.74, 6) is -0.555. The average molecular weight is 221 g/mol. The quantitative estimate of drug-likeness (QED) is 0.805. The summed E-state index contributed by atoms with van der Waals surface area (Å²) in [4.78, 5) is 12.9. The molecule has 1 aliphatic heterocycles. The van der Waals surface area contributed by atoms with E-state index in [1.807, 2.05) is 12.1 Å².